The molecule has 0 bridgehead atoms. The number of urea groups is 1. The first-order chi connectivity index (χ1) is 12.0. The molecular formula is C18H22N4O3. The highest BCUT2D eigenvalue weighted by atomic mass is 16.4. The summed E-state index contributed by atoms with van der Waals surface area (Å²) in [5, 5.41) is 15.5. The van der Waals surface area contributed by atoms with Gasteiger partial charge in [-0.25, -0.2) is 9.78 Å². The number of aromatic amines is 1. The van der Waals surface area contributed by atoms with Crippen LogP contribution in [-0.4, -0.2) is 27.7 Å². The van der Waals surface area contributed by atoms with Crippen molar-refractivity contribution in [3.63, 3.8) is 0 Å². The van der Waals surface area contributed by atoms with Crippen LogP contribution < -0.4 is 10.6 Å². The van der Waals surface area contributed by atoms with Gasteiger partial charge in [0.1, 0.15) is 17.7 Å². The quantitative estimate of drug-likeness (QED) is 0.553. The second-order valence-corrected chi connectivity index (χ2v) is 6.25. The van der Waals surface area contributed by atoms with E-state index in [1.165, 1.54) is 6.26 Å². The summed E-state index contributed by atoms with van der Waals surface area (Å²) in [5.74, 6) is 1.26. The number of H-pyrrole nitrogens is 1. The molecule has 2 atom stereocenters. The molecule has 2 amide bonds. The van der Waals surface area contributed by atoms with Gasteiger partial charge in [0, 0.05) is 0 Å². The summed E-state index contributed by atoms with van der Waals surface area (Å²) in [4.78, 5) is 20.0. The van der Waals surface area contributed by atoms with E-state index >= 15 is 0 Å². The number of carbonyl (C=O) groups is 1. The third-order valence-electron chi connectivity index (χ3n) is 3.98. The number of furan rings is 1. The van der Waals surface area contributed by atoms with E-state index in [-0.39, 0.29) is 24.5 Å². The van der Waals surface area contributed by atoms with Gasteiger partial charge in [-0.15, -0.1) is 0 Å². The zero-order valence-electron chi connectivity index (χ0n) is 14.2. The van der Waals surface area contributed by atoms with Crippen LogP contribution in [0.1, 0.15) is 37.6 Å². The molecule has 2 unspecified atom stereocenters. The minimum Gasteiger partial charge on any atom is -0.467 e. The SMILES string of the molecule is CC(C)C(NC(=O)NCC(O)c1ccco1)c1nc2ccccc2[nH]1. The van der Waals surface area contributed by atoms with Crippen LogP contribution in [0.3, 0.4) is 0 Å². The van der Waals surface area contributed by atoms with Crippen molar-refractivity contribution in [3.05, 3.63) is 54.2 Å². The van der Waals surface area contributed by atoms with Crippen molar-refractivity contribution in [1.82, 2.24) is 20.6 Å². The topological polar surface area (TPSA) is 103 Å². The number of imidazole rings is 1. The lowest BCUT2D eigenvalue weighted by atomic mass is 10.0. The Morgan fingerprint density at radius 2 is 2.08 bits per heavy atom. The van der Waals surface area contributed by atoms with Gasteiger partial charge >= 0.3 is 6.03 Å². The van der Waals surface area contributed by atoms with Crippen LogP contribution in [0.2, 0.25) is 0 Å². The number of para-hydroxylation sites is 2. The van der Waals surface area contributed by atoms with Crippen LogP contribution in [0, 0.1) is 5.92 Å². The summed E-state index contributed by atoms with van der Waals surface area (Å²) in [7, 11) is 0. The van der Waals surface area contributed by atoms with Crippen LogP contribution in [0.25, 0.3) is 11.0 Å². The van der Waals surface area contributed by atoms with Gasteiger partial charge in [-0.2, -0.15) is 0 Å². The number of rotatable bonds is 6. The number of benzene rings is 1. The first-order valence-electron chi connectivity index (χ1n) is 8.25. The number of carbonyl (C=O) groups excluding carboxylic acids is 1. The summed E-state index contributed by atoms with van der Waals surface area (Å²) in [5.41, 5.74) is 1.79. The molecule has 3 aromatic rings. The number of fused-ring (bicyclic) bond motifs is 1. The fourth-order valence-corrected chi connectivity index (χ4v) is 2.63. The minimum absolute atomic E-state index is 0.0598. The first kappa shape index (κ1) is 17.0. The maximum atomic E-state index is 12.2. The van der Waals surface area contributed by atoms with E-state index in [1.54, 1.807) is 12.1 Å². The summed E-state index contributed by atoms with van der Waals surface area (Å²) in [6.07, 6.45) is 0.596. The Kier molecular flexibility index (Phi) is 5.04. The minimum atomic E-state index is -0.885. The van der Waals surface area contributed by atoms with Gasteiger partial charge in [0.05, 0.1) is 29.9 Å². The highest BCUT2D eigenvalue weighted by Crippen LogP contribution is 2.22. The van der Waals surface area contributed by atoms with E-state index in [2.05, 4.69) is 20.6 Å². The van der Waals surface area contributed by atoms with E-state index in [0.717, 1.165) is 11.0 Å². The van der Waals surface area contributed by atoms with Crippen LogP contribution >= 0.6 is 0 Å². The Morgan fingerprint density at radius 1 is 1.28 bits per heavy atom. The maximum absolute atomic E-state index is 12.2. The molecule has 4 N–H and O–H groups in total. The third kappa shape index (κ3) is 4.00. The molecule has 2 heterocycles. The number of aliphatic hydroxyl groups excluding tert-OH is 1. The predicted octanol–water partition coefficient (Wildman–Crippen LogP) is 2.89. The molecule has 7 heteroatoms. The normalized spacial score (nSPS) is 13.8. The molecule has 0 saturated carbocycles. The molecule has 0 aliphatic rings. The van der Waals surface area contributed by atoms with Gasteiger partial charge in [-0.3, -0.25) is 0 Å². The van der Waals surface area contributed by atoms with Crippen molar-refractivity contribution in [2.45, 2.75) is 26.0 Å². The molecule has 0 aliphatic carbocycles. The van der Waals surface area contributed by atoms with Crippen LogP contribution in [-0.2, 0) is 0 Å². The number of hydrogen-bond donors (Lipinski definition) is 4. The van der Waals surface area contributed by atoms with Crippen LogP contribution in [0.5, 0.6) is 0 Å². The molecule has 0 saturated heterocycles. The van der Waals surface area contributed by atoms with Gasteiger partial charge < -0.3 is 25.1 Å². The summed E-state index contributed by atoms with van der Waals surface area (Å²) < 4.78 is 5.11. The number of aromatic nitrogens is 2. The molecule has 3 rings (SSSR count). The van der Waals surface area contributed by atoms with Gasteiger partial charge in [-0.1, -0.05) is 26.0 Å². The Hall–Kier alpha value is -2.80. The fourth-order valence-electron chi connectivity index (χ4n) is 2.63. The van der Waals surface area contributed by atoms with Crippen molar-refractivity contribution < 1.29 is 14.3 Å². The fraction of sp³-hybridized carbons (Fsp3) is 0.333. The van der Waals surface area contributed by atoms with Crippen molar-refractivity contribution in [3.8, 4) is 0 Å². The number of nitrogens with one attached hydrogen (secondary N) is 3. The van der Waals surface area contributed by atoms with E-state index in [4.69, 9.17) is 4.42 Å². The highest BCUT2D eigenvalue weighted by molar-refractivity contribution is 5.76. The van der Waals surface area contributed by atoms with E-state index in [1.807, 2.05) is 38.1 Å². The number of amides is 2. The lowest BCUT2D eigenvalue weighted by molar-refractivity contribution is 0.147. The summed E-state index contributed by atoms with van der Waals surface area (Å²) >= 11 is 0. The van der Waals surface area contributed by atoms with Crippen LogP contribution in [0.4, 0.5) is 4.79 Å². The predicted molar refractivity (Wildman–Crippen MR) is 93.9 cm³/mol. The third-order valence-corrected chi connectivity index (χ3v) is 3.98. The molecule has 0 aliphatic heterocycles. The standard InChI is InChI=1S/C18H22N4O3/c1-11(2)16(17-20-12-6-3-4-7-13(12)21-17)22-18(24)19-10-14(23)15-8-5-9-25-15/h3-9,11,14,16,23H,10H2,1-2H3,(H,20,21)(H2,19,22,24). The smallest absolute Gasteiger partial charge is 0.315 e. The number of aliphatic hydroxyl groups is 1. The van der Waals surface area contributed by atoms with Crippen molar-refractivity contribution in [2.75, 3.05) is 6.54 Å². The van der Waals surface area contributed by atoms with E-state index in [9.17, 15) is 9.90 Å². The molecule has 0 spiro atoms. The summed E-state index contributed by atoms with van der Waals surface area (Å²) in [6.45, 7) is 4.08. The van der Waals surface area contributed by atoms with Crippen LogP contribution in [0.15, 0.2) is 47.1 Å². The Labute approximate surface area is 145 Å². The van der Waals surface area contributed by atoms with Gasteiger partial charge in [-0.05, 0) is 30.2 Å². The Morgan fingerprint density at radius 3 is 2.76 bits per heavy atom. The lowest BCUT2D eigenvalue weighted by Gasteiger charge is -2.21. The largest absolute Gasteiger partial charge is 0.467 e. The molecule has 25 heavy (non-hydrogen) atoms. The van der Waals surface area contributed by atoms with Crippen molar-refractivity contribution in [1.29, 1.82) is 0 Å². The zero-order valence-corrected chi connectivity index (χ0v) is 14.2. The molecule has 1 aromatic carbocycles. The molecular weight excluding hydrogens is 320 g/mol. The zero-order chi connectivity index (χ0) is 17.8. The van der Waals surface area contributed by atoms with Gasteiger partial charge in [0.2, 0.25) is 0 Å². The molecule has 132 valence electrons. The number of hydrogen-bond acceptors (Lipinski definition) is 4. The van der Waals surface area contributed by atoms with Crippen molar-refractivity contribution in [2.24, 2.45) is 5.92 Å². The number of nitrogens with zero attached hydrogens (tertiary/aromatic N) is 1. The Balaban J connectivity index is 1.64. The Bertz CT molecular complexity index is 793. The second-order valence-electron chi connectivity index (χ2n) is 6.25. The van der Waals surface area contributed by atoms with E-state index in [0.29, 0.717) is 11.6 Å². The van der Waals surface area contributed by atoms with Gasteiger partial charge in [0.25, 0.3) is 0 Å². The van der Waals surface area contributed by atoms with Gasteiger partial charge in [0.15, 0.2) is 0 Å². The lowest BCUT2D eigenvalue weighted by Crippen LogP contribution is -2.41. The first-order valence-corrected chi connectivity index (χ1v) is 8.25. The molecule has 0 fully saturated rings. The molecule has 2 aromatic heterocycles. The molecule has 7 nitrogen and oxygen atoms in total. The summed E-state index contributed by atoms with van der Waals surface area (Å²) in [6, 6.07) is 10.4. The maximum Gasteiger partial charge on any atom is 0.315 e. The average Bonchev–Trinajstić information content (AvgIpc) is 3.26. The van der Waals surface area contributed by atoms with Crippen molar-refractivity contribution >= 4 is 17.1 Å². The monoisotopic (exact) mass is 342 g/mol. The van der Waals surface area contributed by atoms with E-state index < -0.39 is 6.10 Å². The molecule has 0 radical (unpaired) electrons. The second kappa shape index (κ2) is 7.40. The highest BCUT2D eigenvalue weighted by Gasteiger charge is 2.22. The average molecular weight is 342 g/mol.